The highest BCUT2D eigenvalue weighted by Gasteiger charge is 2.40. The van der Waals surface area contributed by atoms with Gasteiger partial charge in [0.25, 0.3) is 11.5 Å². The molecule has 8 rings (SSSR count). The maximum Gasteiger partial charge on any atom is 0.333 e. The summed E-state index contributed by atoms with van der Waals surface area (Å²) in [5, 5.41) is 7.02. The van der Waals surface area contributed by atoms with Crippen LogP contribution in [0.1, 0.15) is 92.2 Å². The zero-order chi connectivity index (χ0) is 29.6. The van der Waals surface area contributed by atoms with E-state index in [9.17, 15) is 18.8 Å². The Balaban J connectivity index is 1.03. The SMILES string of the molecule is O=C(NC1CCC(n2c(=O)c3cc(F)cnc3n(C3CCSCC3)c2=O)CC1)c1ccc(CC23CCC(CC2)NC3)cc1. The topological polar surface area (TPSA) is 98.0 Å². The molecule has 2 aromatic heterocycles. The third kappa shape index (κ3) is 5.68. The number of amides is 1. The highest BCUT2D eigenvalue weighted by atomic mass is 32.2. The van der Waals surface area contributed by atoms with Crippen molar-refractivity contribution < 1.29 is 9.18 Å². The van der Waals surface area contributed by atoms with Crippen molar-refractivity contribution >= 4 is 28.7 Å². The van der Waals surface area contributed by atoms with Gasteiger partial charge in [0, 0.05) is 36.3 Å². The normalized spacial score (nSPS) is 27.8. The van der Waals surface area contributed by atoms with Crippen LogP contribution in [0.15, 0.2) is 46.1 Å². The molecule has 5 fully saturated rings. The number of carbonyl (C=O) groups is 1. The minimum atomic E-state index is -0.585. The lowest BCUT2D eigenvalue weighted by atomic mass is 9.66. The number of piperidine rings is 2. The summed E-state index contributed by atoms with van der Waals surface area (Å²) in [5.41, 5.74) is 1.75. The number of halogens is 1. The molecule has 8 nitrogen and oxygen atoms in total. The maximum absolute atomic E-state index is 14.2. The molecule has 3 saturated heterocycles. The van der Waals surface area contributed by atoms with Crippen molar-refractivity contribution in [3.05, 3.63) is 74.3 Å². The Bertz CT molecular complexity index is 1600. The molecule has 3 aromatic rings. The second-order valence-electron chi connectivity index (χ2n) is 13.2. The first kappa shape index (κ1) is 28.8. The van der Waals surface area contributed by atoms with Crippen LogP contribution in [0.5, 0.6) is 0 Å². The number of carbonyl (C=O) groups excluding carboxylic acids is 1. The average Bonchev–Trinajstić information content (AvgIpc) is 3.04. The summed E-state index contributed by atoms with van der Waals surface area (Å²) in [6.07, 6.45) is 11.4. The molecule has 228 valence electrons. The van der Waals surface area contributed by atoms with Crippen molar-refractivity contribution in [2.45, 2.75) is 94.8 Å². The quantitative estimate of drug-likeness (QED) is 0.421. The van der Waals surface area contributed by atoms with Crippen molar-refractivity contribution in [3.63, 3.8) is 0 Å². The minimum Gasteiger partial charge on any atom is -0.349 e. The number of hydrogen-bond donors (Lipinski definition) is 2. The molecule has 2 aliphatic carbocycles. The van der Waals surface area contributed by atoms with Gasteiger partial charge in [-0.25, -0.2) is 14.2 Å². The smallest absolute Gasteiger partial charge is 0.333 e. The Morgan fingerprint density at radius 3 is 2.35 bits per heavy atom. The molecule has 3 aliphatic heterocycles. The molecule has 1 amide bonds. The van der Waals surface area contributed by atoms with E-state index < -0.39 is 11.4 Å². The van der Waals surface area contributed by atoms with Gasteiger partial charge in [-0.05, 0) is 111 Å². The monoisotopic (exact) mass is 605 g/mol. The summed E-state index contributed by atoms with van der Waals surface area (Å²) in [6, 6.07) is 9.59. The highest BCUT2D eigenvalue weighted by Crippen LogP contribution is 2.42. The van der Waals surface area contributed by atoms with Crippen LogP contribution in [0.4, 0.5) is 4.39 Å². The van der Waals surface area contributed by atoms with Gasteiger partial charge >= 0.3 is 5.69 Å². The number of nitrogens with zero attached hydrogens (tertiary/aromatic N) is 3. The molecule has 10 heteroatoms. The van der Waals surface area contributed by atoms with Crippen LogP contribution in [0.25, 0.3) is 11.0 Å². The Morgan fingerprint density at radius 1 is 0.977 bits per heavy atom. The molecule has 2 saturated carbocycles. The second kappa shape index (κ2) is 11.8. The molecule has 5 heterocycles. The standard InChI is InChI=1S/C33H40FN5O3S/c34-23-17-28-29(35-19-23)38(27-11-15-43-16-12-27)32(42)39(31(28)41)26-7-5-25(6-8-26)37-30(40)22-3-1-21(2-4-22)18-33-13-9-24(10-14-33)36-20-33/h1-4,17,19,24-27,36H,5-16,18,20H2,(H,37,40). The summed E-state index contributed by atoms with van der Waals surface area (Å²) in [5.74, 6) is 1.20. The van der Waals surface area contributed by atoms with E-state index in [0.717, 1.165) is 43.5 Å². The predicted octanol–water partition coefficient (Wildman–Crippen LogP) is 4.75. The molecule has 2 bridgehead atoms. The zero-order valence-corrected chi connectivity index (χ0v) is 25.3. The van der Waals surface area contributed by atoms with Gasteiger partial charge in [-0.3, -0.25) is 18.7 Å². The number of nitrogens with one attached hydrogen (secondary N) is 2. The van der Waals surface area contributed by atoms with E-state index >= 15 is 0 Å². The lowest BCUT2D eigenvalue weighted by Crippen LogP contribution is -2.52. The largest absolute Gasteiger partial charge is 0.349 e. The van der Waals surface area contributed by atoms with Crippen molar-refractivity contribution in [1.29, 1.82) is 0 Å². The van der Waals surface area contributed by atoms with Gasteiger partial charge in [-0.1, -0.05) is 12.1 Å². The Morgan fingerprint density at radius 2 is 1.67 bits per heavy atom. The summed E-state index contributed by atoms with van der Waals surface area (Å²) in [4.78, 5) is 44.7. The van der Waals surface area contributed by atoms with Gasteiger partial charge in [0.2, 0.25) is 0 Å². The van der Waals surface area contributed by atoms with E-state index in [2.05, 4.69) is 27.8 Å². The van der Waals surface area contributed by atoms with Gasteiger partial charge in [0.05, 0.1) is 11.6 Å². The summed E-state index contributed by atoms with van der Waals surface area (Å²) >= 11 is 1.85. The zero-order valence-electron chi connectivity index (χ0n) is 24.5. The maximum atomic E-state index is 14.2. The van der Waals surface area contributed by atoms with Crippen molar-refractivity contribution in [2.75, 3.05) is 18.1 Å². The van der Waals surface area contributed by atoms with E-state index in [1.165, 1.54) is 41.9 Å². The van der Waals surface area contributed by atoms with Gasteiger partial charge in [-0.2, -0.15) is 11.8 Å². The number of aromatic nitrogens is 3. The lowest BCUT2D eigenvalue weighted by Gasteiger charge is -2.47. The Kier molecular flexibility index (Phi) is 7.92. The van der Waals surface area contributed by atoms with Gasteiger partial charge in [0.1, 0.15) is 11.5 Å². The fraction of sp³-hybridized carbons (Fsp3) is 0.576. The van der Waals surface area contributed by atoms with Crippen LogP contribution in [0, 0.1) is 11.2 Å². The summed E-state index contributed by atoms with van der Waals surface area (Å²) < 4.78 is 17.2. The average molecular weight is 606 g/mol. The van der Waals surface area contributed by atoms with E-state index in [0.29, 0.717) is 42.7 Å². The van der Waals surface area contributed by atoms with Crippen LogP contribution in [-0.4, -0.2) is 50.2 Å². The molecule has 1 aromatic carbocycles. The number of hydrogen-bond acceptors (Lipinski definition) is 6. The summed E-state index contributed by atoms with van der Waals surface area (Å²) in [6.45, 7) is 1.09. The number of rotatable bonds is 6. The molecule has 0 spiro atoms. The fourth-order valence-electron chi connectivity index (χ4n) is 7.96. The highest BCUT2D eigenvalue weighted by molar-refractivity contribution is 7.99. The molecule has 5 aliphatic rings. The van der Waals surface area contributed by atoms with Crippen molar-refractivity contribution in [2.24, 2.45) is 5.41 Å². The number of fused-ring (bicyclic) bond motifs is 4. The van der Waals surface area contributed by atoms with E-state index in [1.54, 1.807) is 4.57 Å². The number of pyridine rings is 1. The van der Waals surface area contributed by atoms with Crippen LogP contribution in [-0.2, 0) is 6.42 Å². The van der Waals surface area contributed by atoms with Crippen LogP contribution >= 0.6 is 11.8 Å². The Labute approximate surface area is 254 Å². The molecular formula is C33H40FN5O3S. The fourth-order valence-corrected chi connectivity index (χ4v) is 9.05. The Hall–Kier alpha value is -2.98. The molecule has 0 unspecified atom stereocenters. The van der Waals surface area contributed by atoms with Crippen LogP contribution < -0.4 is 21.9 Å². The van der Waals surface area contributed by atoms with Gasteiger partial charge < -0.3 is 10.6 Å². The molecule has 2 N–H and O–H groups in total. The first-order chi connectivity index (χ1) is 20.9. The molecule has 0 atom stereocenters. The van der Waals surface area contributed by atoms with Crippen LogP contribution in [0.3, 0.4) is 0 Å². The van der Waals surface area contributed by atoms with Gasteiger partial charge in [0.15, 0.2) is 0 Å². The molecule has 43 heavy (non-hydrogen) atoms. The van der Waals surface area contributed by atoms with E-state index in [4.69, 9.17) is 0 Å². The molecular weight excluding hydrogens is 565 g/mol. The third-order valence-electron chi connectivity index (χ3n) is 10.5. The van der Waals surface area contributed by atoms with Crippen molar-refractivity contribution in [1.82, 2.24) is 24.8 Å². The first-order valence-corrected chi connectivity index (χ1v) is 17.1. The van der Waals surface area contributed by atoms with E-state index in [-0.39, 0.29) is 40.8 Å². The summed E-state index contributed by atoms with van der Waals surface area (Å²) in [7, 11) is 0. The lowest BCUT2D eigenvalue weighted by molar-refractivity contribution is 0.0921. The predicted molar refractivity (Wildman–Crippen MR) is 167 cm³/mol. The van der Waals surface area contributed by atoms with Gasteiger partial charge in [-0.15, -0.1) is 0 Å². The first-order valence-electron chi connectivity index (χ1n) is 15.9. The molecule has 0 radical (unpaired) electrons. The van der Waals surface area contributed by atoms with Crippen molar-refractivity contribution in [3.8, 4) is 0 Å². The second-order valence-corrected chi connectivity index (χ2v) is 14.4. The number of thioether (sulfide) groups is 1. The van der Waals surface area contributed by atoms with Crippen LogP contribution in [0.2, 0.25) is 0 Å². The minimum absolute atomic E-state index is 0.0290. The van der Waals surface area contributed by atoms with E-state index in [1.807, 2.05) is 23.9 Å². The number of benzene rings is 1. The third-order valence-corrected chi connectivity index (χ3v) is 11.5.